The molecule has 1 fully saturated rings. The SMILES string of the molecule is CC(N)(CCCCB(O)O)C1CC(NCc2cccc(-c3ccccc3)c2F)C1. The van der Waals surface area contributed by atoms with Crippen molar-refractivity contribution in [3.05, 3.63) is 59.9 Å². The van der Waals surface area contributed by atoms with E-state index in [-0.39, 0.29) is 11.4 Å². The zero-order valence-corrected chi connectivity index (χ0v) is 17.2. The predicted molar refractivity (Wildman–Crippen MR) is 117 cm³/mol. The van der Waals surface area contributed by atoms with Crippen LogP contribution in [0.15, 0.2) is 48.5 Å². The molecular weight excluding hydrogens is 366 g/mol. The van der Waals surface area contributed by atoms with Crippen LogP contribution in [0.3, 0.4) is 0 Å². The number of hydrogen-bond donors (Lipinski definition) is 4. The van der Waals surface area contributed by atoms with Crippen LogP contribution in [0.2, 0.25) is 6.32 Å². The molecule has 0 aromatic heterocycles. The molecule has 156 valence electrons. The molecule has 1 unspecified atom stereocenters. The number of nitrogens with one attached hydrogen (secondary N) is 1. The van der Waals surface area contributed by atoms with E-state index in [4.69, 9.17) is 15.8 Å². The Morgan fingerprint density at radius 3 is 2.52 bits per heavy atom. The second kappa shape index (κ2) is 9.85. The minimum absolute atomic E-state index is 0.156. The van der Waals surface area contributed by atoms with Gasteiger partial charge in [0.05, 0.1) is 0 Å². The van der Waals surface area contributed by atoms with Gasteiger partial charge in [0.2, 0.25) is 0 Å². The number of rotatable bonds is 10. The first-order chi connectivity index (χ1) is 13.9. The molecule has 29 heavy (non-hydrogen) atoms. The number of benzene rings is 2. The maximum absolute atomic E-state index is 14.9. The highest BCUT2D eigenvalue weighted by Gasteiger charge is 2.39. The molecule has 1 saturated carbocycles. The lowest BCUT2D eigenvalue weighted by Gasteiger charge is -2.46. The van der Waals surface area contributed by atoms with Gasteiger partial charge in [0, 0.05) is 29.3 Å². The van der Waals surface area contributed by atoms with E-state index < -0.39 is 7.12 Å². The second-order valence-corrected chi connectivity index (χ2v) is 8.62. The van der Waals surface area contributed by atoms with Crippen molar-refractivity contribution in [2.45, 2.75) is 63.5 Å². The van der Waals surface area contributed by atoms with E-state index in [1.54, 1.807) is 0 Å². The molecule has 2 aromatic carbocycles. The molecule has 3 rings (SSSR count). The summed E-state index contributed by atoms with van der Waals surface area (Å²) in [7, 11) is -1.22. The van der Waals surface area contributed by atoms with Crippen molar-refractivity contribution in [1.82, 2.24) is 5.32 Å². The van der Waals surface area contributed by atoms with Gasteiger partial charge in [-0.3, -0.25) is 0 Å². The molecular formula is C23H32BFN2O2. The van der Waals surface area contributed by atoms with Crippen LogP contribution < -0.4 is 11.1 Å². The Balaban J connectivity index is 1.47. The second-order valence-electron chi connectivity index (χ2n) is 8.62. The van der Waals surface area contributed by atoms with Gasteiger partial charge in [0.15, 0.2) is 0 Å². The van der Waals surface area contributed by atoms with E-state index in [2.05, 4.69) is 12.2 Å². The van der Waals surface area contributed by atoms with Crippen molar-refractivity contribution in [1.29, 1.82) is 0 Å². The van der Waals surface area contributed by atoms with E-state index in [0.29, 0.717) is 36.0 Å². The van der Waals surface area contributed by atoms with Crippen LogP contribution in [-0.2, 0) is 6.54 Å². The van der Waals surface area contributed by atoms with Crippen molar-refractivity contribution in [2.75, 3.05) is 0 Å². The Morgan fingerprint density at radius 2 is 1.83 bits per heavy atom. The minimum Gasteiger partial charge on any atom is -0.427 e. The summed E-state index contributed by atoms with van der Waals surface area (Å²) in [5.41, 5.74) is 8.48. The number of nitrogens with two attached hydrogens (primary N) is 1. The Bertz CT molecular complexity index is 780. The summed E-state index contributed by atoms with van der Waals surface area (Å²) in [5.74, 6) is 0.288. The third-order valence-corrected chi connectivity index (χ3v) is 6.24. The van der Waals surface area contributed by atoms with Crippen molar-refractivity contribution < 1.29 is 14.4 Å². The highest BCUT2D eigenvalue weighted by molar-refractivity contribution is 6.40. The van der Waals surface area contributed by atoms with Crippen LogP contribution in [-0.4, -0.2) is 28.7 Å². The van der Waals surface area contributed by atoms with E-state index in [1.807, 2.05) is 48.5 Å². The summed E-state index contributed by atoms with van der Waals surface area (Å²) in [4.78, 5) is 0. The third kappa shape index (κ3) is 5.89. The summed E-state index contributed by atoms with van der Waals surface area (Å²) in [6.45, 7) is 2.60. The average molecular weight is 398 g/mol. The minimum atomic E-state index is -1.22. The quantitative estimate of drug-likeness (QED) is 0.363. The summed E-state index contributed by atoms with van der Waals surface area (Å²) >= 11 is 0. The molecule has 0 spiro atoms. The van der Waals surface area contributed by atoms with E-state index in [1.165, 1.54) is 0 Å². The maximum Gasteiger partial charge on any atom is 0.451 e. The fourth-order valence-electron chi connectivity index (χ4n) is 4.17. The lowest BCUT2D eigenvalue weighted by atomic mass is 9.67. The summed E-state index contributed by atoms with van der Waals surface area (Å²) in [6.07, 6.45) is 4.95. The van der Waals surface area contributed by atoms with Crippen LogP contribution in [0, 0.1) is 11.7 Å². The Kier molecular flexibility index (Phi) is 7.46. The van der Waals surface area contributed by atoms with Gasteiger partial charge in [-0.2, -0.15) is 0 Å². The molecule has 1 aliphatic carbocycles. The molecule has 0 aliphatic heterocycles. The van der Waals surface area contributed by atoms with Gasteiger partial charge in [-0.1, -0.05) is 61.4 Å². The van der Waals surface area contributed by atoms with Crippen molar-refractivity contribution in [2.24, 2.45) is 11.7 Å². The van der Waals surface area contributed by atoms with E-state index in [9.17, 15) is 4.39 Å². The fraction of sp³-hybridized carbons (Fsp3) is 0.478. The van der Waals surface area contributed by atoms with Gasteiger partial charge in [-0.25, -0.2) is 4.39 Å². The molecule has 5 N–H and O–H groups in total. The molecule has 0 saturated heterocycles. The highest BCUT2D eigenvalue weighted by Crippen LogP contribution is 2.38. The van der Waals surface area contributed by atoms with Gasteiger partial charge >= 0.3 is 7.12 Å². The van der Waals surface area contributed by atoms with Crippen LogP contribution in [0.1, 0.15) is 44.6 Å². The first kappa shape index (κ1) is 22.0. The van der Waals surface area contributed by atoms with Crippen LogP contribution in [0.5, 0.6) is 0 Å². The van der Waals surface area contributed by atoms with Crippen LogP contribution in [0.25, 0.3) is 11.1 Å². The summed E-state index contributed by atoms with van der Waals surface area (Å²) in [6, 6.07) is 15.6. The zero-order valence-electron chi connectivity index (χ0n) is 17.2. The van der Waals surface area contributed by atoms with Crippen LogP contribution >= 0.6 is 0 Å². The Labute approximate surface area is 173 Å². The van der Waals surface area contributed by atoms with Crippen molar-refractivity contribution >= 4 is 7.12 Å². The normalized spacial score (nSPS) is 20.7. The zero-order chi connectivity index (χ0) is 20.9. The third-order valence-electron chi connectivity index (χ3n) is 6.24. The highest BCUT2D eigenvalue weighted by atomic mass is 19.1. The summed E-state index contributed by atoms with van der Waals surface area (Å²) < 4.78 is 14.9. The van der Waals surface area contributed by atoms with Crippen molar-refractivity contribution in [3.8, 4) is 11.1 Å². The standard InChI is InChI=1S/C23H32BFN2O2/c1-23(26,12-5-6-13-24(28)29)19-14-20(15-19)27-16-18-10-7-11-21(22(18)25)17-8-3-2-4-9-17/h2-4,7-11,19-20,27-29H,5-6,12-16,26H2,1H3. The smallest absolute Gasteiger partial charge is 0.427 e. The molecule has 0 radical (unpaired) electrons. The first-order valence-corrected chi connectivity index (χ1v) is 10.6. The maximum atomic E-state index is 14.9. The molecule has 0 heterocycles. The molecule has 6 heteroatoms. The van der Waals surface area contributed by atoms with Gasteiger partial charge in [0.1, 0.15) is 5.82 Å². The molecule has 1 atom stereocenters. The summed E-state index contributed by atoms with van der Waals surface area (Å²) in [5, 5.41) is 21.3. The Hall–Kier alpha value is -1.73. The molecule has 1 aliphatic rings. The number of unbranched alkanes of at least 4 members (excludes halogenated alkanes) is 1. The van der Waals surface area contributed by atoms with Crippen molar-refractivity contribution in [3.63, 3.8) is 0 Å². The predicted octanol–water partition coefficient (Wildman–Crippen LogP) is 3.72. The van der Waals surface area contributed by atoms with Gasteiger partial charge in [0.25, 0.3) is 0 Å². The molecule has 4 nitrogen and oxygen atoms in total. The monoisotopic (exact) mass is 398 g/mol. The molecule has 2 aromatic rings. The van der Waals surface area contributed by atoms with Gasteiger partial charge < -0.3 is 21.1 Å². The first-order valence-electron chi connectivity index (χ1n) is 10.6. The van der Waals surface area contributed by atoms with Gasteiger partial charge in [-0.05, 0) is 44.0 Å². The average Bonchev–Trinajstić information content (AvgIpc) is 2.65. The number of hydrogen-bond acceptors (Lipinski definition) is 4. The van der Waals surface area contributed by atoms with E-state index in [0.717, 1.165) is 37.7 Å². The Morgan fingerprint density at radius 1 is 1.10 bits per heavy atom. The fourth-order valence-corrected chi connectivity index (χ4v) is 4.17. The lowest BCUT2D eigenvalue weighted by molar-refractivity contribution is 0.123. The molecule has 0 amide bonds. The lowest BCUT2D eigenvalue weighted by Crippen LogP contribution is -2.54. The molecule has 0 bridgehead atoms. The van der Waals surface area contributed by atoms with E-state index >= 15 is 0 Å². The topological polar surface area (TPSA) is 78.5 Å². The number of halogens is 1. The van der Waals surface area contributed by atoms with Gasteiger partial charge in [-0.15, -0.1) is 0 Å². The van der Waals surface area contributed by atoms with Crippen LogP contribution in [0.4, 0.5) is 4.39 Å². The largest absolute Gasteiger partial charge is 0.451 e.